The number of carbonyl (C=O) groups is 1. The van der Waals surface area contributed by atoms with Gasteiger partial charge < -0.3 is 10.0 Å². The summed E-state index contributed by atoms with van der Waals surface area (Å²) in [6.45, 7) is 3.19. The van der Waals surface area contributed by atoms with E-state index in [1.165, 1.54) is 5.56 Å². The minimum atomic E-state index is -0.968. The van der Waals surface area contributed by atoms with Crippen LogP contribution in [-0.4, -0.2) is 46.6 Å². The number of aliphatic hydroxyl groups is 1. The predicted molar refractivity (Wildman–Crippen MR) is 94.3 cm³/mol. The number of hydrogen-bond acceptors (Lipinski definition) is 3. The van der Waals surface area contributed by atoms with Crippen LogP contribution in [0.25, 0.3) is 0 Å². The summed E-state index contributed by atoms with van der Waals surface area (Å²) in [5.74, 6) is -0.184. The van der Waals surface area contributed by atoms with E-state index in [-0.39, 0.29) is 18.0 Å². The van der Waals surface area contributed by atoms with Gasteiger partial charge in [-0.3, -0.25) is 9.69 Å². The standard InChI is InChI=1S/C20H24N2O2/c1-15(17-11-7-4-8-12-17)21(2)18-14-22(20(24)19(18)23)13-16-9-5-3-6-10-16/h3-12,15,18-19,23H,13-14H2,1-2H3/t15-,18-,19-/m0/s1. The Bertz CT molecular complexity index is 675. The van der Waals surface area contributed by atoms with Gasteiger partial charge in [-0.25, -0.2) is 0 Å². The van der Waals surface area contributed by atoms with Gasteiger partial charge in [0, 0.05) is 19.1 Å². The summed E-state index contributed by atoms with van der Waals surface area (Å²) in [7, 11) is 1.98. The molecule has 126 valence electrons. The molecule has 1 saturated heterocycles. The van der Waals surface area contributed by atoms with Gasteiger partial charge in [-0.2, -0.15) is 0 Å². The van der Waals surface area contributed by atoms with Crippen molar-refractivity contribution in [2.75, 3.05) is 13.6 Å². The molecule has 1 aliphatic heterocycles. The van der Waals surface area contributed by atoms with E-state index < -0.39 is 6.10 Å². The zero-order chi connectivity index (χ0) is 17.1. The lowest BCUT2D eigenvalue weighted by atomic mass is 10.0. The van der Waals surface area contributed by atoms with Crippen LogP contribution in [-0.2, 0) is 11.3 Å². The maximum Gasteiger partial charge on any atom is 0.253 e. The maximum absolute atomic E-state index is 12.4. The van der Waals surface area contributed by atoms with Gasteiger partial charge in [0.25, 0.3) is 5.91 Å². The zero-order valence-corrected chi connectivity index (χ0v) is 14.2. The van der Waals surface area contributed by atoms with Gasteiger partial charge in [0.15, 0.2) is 0 Å². The first-order chi connectivity index (χ1) is 11.6. The molecule has 3 rings (SSSR count). The quantitative estimate of drug-likeness (QED) is 0.919. The maximum atomic E-state index is 12.4. The molecule has 0 radical (unpaired) electrons. The van der Waals surface area contributed by atoms with Crippen LogP contribution in [0.1, 0.15) is 24.1 Å². The summed E-state index contributed by atoms with van der Waals surface area (Å²) in [5.41, 5.74) is 2.26. The van der Waals surface area contributed by atoms with Crippen molar-refractivity contribution in [3.63, 3.8) is 0 Å². The van der Waals surface area contributed by atoms with Crippen LogP contribution in [0.15, 0.2) is 60.7 Å². The molecular weight excluding hydrogens is 300 g/mol. The highest BCUT2D eigenvalue weighted by Crippen LogP contribution is 2.26. The van der Waals surface area contributed by atoms with E-state index in [9.17, 15) is 9.90 Å². The van der Waals surface area contributed by atoms with E-state index in [1.807, 2.05) is 55.6 Å². The summed E-state index contributed by atoms with van der Waals surface area (Å²) < 4.78 is 0. The van der Waals surface area contributed by atoms with Crippen molar-refractivity contribution >= 4 is 5.91 Å². The molecule has 0 spiro atoms. The molecule has 0 aromatic heterocycles. The monoisotopic (exact) mass is 324 g/mol. The largest absolute Gasteiger partial charge is 0.382 e. The third kappa shape index (κ3) is 3.35. The molecule has 0 aliphatic carbocycles. The van der Waals surface area contributed by atoms with Crippen LogP contribution in [0.2, 0.25) is 0 Å². The predicted octanol–water partition coefficient (Wildman–Crippen LogP) is 2.45. The first kappa shape index (κ1) is 16.7. The van der Waals surface area contributed by atoms with E-state index in [0.717, 1.165) is 5.56 Å². The van der Waals surface area contributed by atoms with Crippen LogP contribution in [0.5, 0.6) is 0 Å². The highest BCUT2D eigenvalue weighted by atomic mass is 16.3. The summed E-state index contributed by atoms with van der Waals surface area (Å²) in [6.07, 6.45) is -0.968. The number of benzene rings is 2. The lowest BCUT2D eigenvalue weighted by Gasteiger charge is -2.31. The molecular formula is C20H24N2O2. The van der Waals surface area contributed by atoms with Crippen LogP contribution >= 0.6 is 0 Å². The number of likely N-dealkylation sites (tertiary alicyclic amines) is 1. The molecule has 3 atom stereocenters. The van der Waals surface area contributed by atoms with Crippen molar-refractivity contribution in [1.29, 1.82) is 0 Å². The fourth-order valence-electron chi connectivity index (χ4n) is 3.32. The molecule has 2 aromatic rings. The van der Waals surface area contributed by atoms with Gasteiger partial charge in [0.05, 0.1) is 6.04 Å². The van der Waals surface area contributed by atoms with Gasteiger partial charge in [0.2, 0.25) is 0 Å². The Morgan fingerprint density at radius 1 is 1.12 bits per heavy atom. The van der Waals surface area contributed by atoms with Crippen LogP contribution in [0, 0.1) is 0 Å². The fourth-order valence-corrected chi connectivity index (χ4v) is 3.32. The summed E-state index contributed by atoms with van der Waals surface area (Å²) in [6, 6.07) is 20.0. The Morgan fingerprint density at radius 3 is 2.33 bits per heavy atom. The van der Waals surface area contributed by atoms with E-state index >= 15 is 0 Å². The van der Waals surface area contributed by atoms with Gasteiger partial charge in [0.1, 0.15) is 6.10 Å². The highest BCUT2D eigenvalue weighted by molar-refractivity contribution is 5.84. The Labute approximate surface area is 143 Å². The minimum Gasteiger partial charge on any atom is -0.382 e. The molecule has 0 saturated carbocycles. The Morgan fingerprint density at radius 2 is 1.71 bits per heavy atom. The number of carbonyl (C=O) groups excluding carboxylic acids is 1. The number of aliphatic hydroxyl groups excluding tert-OH is 1. The molecule has 24 heavy (non-hydrogen) atoms. The molecule has 0 unspecified atom stereocenters. The Kier molecular flexibility index (Phi) is 4.97. The Balaban J connectivity index is 1.71. The average molecular weight is 324 g/mol. The molecule has 4 heteroatoms. The molecule has 1 N–H and O–H groups in total. The first-order valence-electron chi connectivity index (χ1n) is 8.35. The normalized spacial score (nSPS) is 22.2. The second-order valence-electron chi connectivity index (χ2n) is 6.47. The molecule has 1 amide bonds. The molecule has 1 fully saturated rings. The minimum absolute atomic E-state index is 0.135. The van der Waals surface area contributed by atoms with E-state index in [0.29, 0.717) is 13.1 Å². The summed E-state index contributed by atoms with van der Waals surface area (Å²) >= 11 is 0. The summed E-state index contributed by atoms with van der Waals surface area (Å²) in [5, 5.41) is 10.4. The first-order valence-corrected chi connectivity index (χ1v) is 8.35. The zero-order valence-electron chi connectivity index (χ0n) is 14.2. The van der Waals surface area contributed by atoms with Crippen molar-refractivity contribution in [3.05, 3.63) is 71.8 Å². The van der Waals surface area contributed by atoms with E-state index in [4.69, 9.17) is 0 Å². The van der Waals surface area contributed by atoms with E-state index in [1.54, 1.807) is 4.90 Å². The van der Waals surface area contributed by atoms with Crippen LogP contribution in [0.3, 0.4) is 0 Å². The van der Waals surface area contributed by atoms with Crippen molar-refractivity contribution in [2.45, 2.75) is 31.7 Å². The number of rotatable bonds is 5. The molecule has 1 heterocycles. The van der Waals surface area contributed by atoms with Crippen molar-refractivity contribution in [1.82, 2.24) is 9.80 Å². The second-order valence-corrected chi connectivity index (χ2v) is 6.47. The molecule has 2 aromatic carbocycles. The third-order valence-electron chi connectivity index (χ3n) is 4.97. The van der Waals surface area contributed by atoms with Gasteiger partial charge in [-0.15, -0.1) is 0 Å². The van der Waals surface area contributed by atoms with Crippen molar-refractivity contribution < 1.29 is 9.90 Å². The SMILES string of the molecule is C[C@@H](c1ccccc1)N(C)[C@H]1CN(Cc2ccccc2)C(=O)[C@H]1O. The van der Waals surface area contributed by atoms with Gasteiger partial charge in [-0.1, -0.05) is 60.7 Å². The topological polar surface area (TPSA) is 43.8 Å². The van der Waals surface area contributed by atoms with Crippen LogP contribution in [0.4, 0.5) is 0 Å². The number of hydrogen-bond donors (Lipinski definition) is 1. The third-order valence-corrected chi connectivity index (χ3v) is 4.97. The molecule has 4 nitrogen and oxygen atoms in total. The Hall–Kier alpha value is -2.17. The number of amides is 1. The molecule has 0 bridgehead atoms. The lowest BCUT2D eigenvalue weighted by molar-refractivity contribution is -0.135. The van der Waals surface area contributed by atoms with Gasteiger partial charge in [-0.05, 0) is 25.1 Å². The average Bonchev–Trinajstić information content (AvgIpc) is 2.90. The second kappa shape index (κ2) is 7.16. The smallest absolute Gasteiger partial charge is 0.253 e. The van der Waals surface area contributed by atoms with Crippen molar-refractivity contribution in [2.24, 2.45) is 0 Å². The summed E-state index contributed by atoms with van der Waals surface area (Å²) in [4.78, 5) is 16.3. The van der Waals surface area contributed by atoms with Gasteiger partial charge >= 0.3 is 0 Å². The number of likely N-dealkylation sites (N-methyl/N-ethyl adjacent to an activating group) is 1. The highest BCUT2D eigenvalue weighted by Gasteiger charge is 2.42. The van der Waals surface area contributed by atoms with Crippen molar-refractivity contribution in [3.8, 4) is 0 Å². The molecule has 1 aliphatic rings. The lowest BCUT2D eigenvalue weighted by Crippen LogP contribution is -2.42. The van der Waals surface area contributed by atoms with E-state index in [2.05, 4.69) is 24.0 Å². The number of nitrogens with zero attached hydrogens (tertiary/aromatic N) is 2. The van der Waals surface area contributed by atoms with Crippen LogP contribution < -0.4 is 0 Å². The fraction of sp³-hybridized carbons (Fsp3) is 0.350.